The Bertz CT molecular complexity index is 1240. The molecule has 0 radical (unpaired) electrons. The van der Waals surface area contributed by atoms with Crippen LogP contribution in [0.5, 0.6) is 0 Å². The maximum atomic E-state index is 12.3. The summed E-state index contributed by atoms with van der Waals surface area (Å²) in [4.78, 5) is 12.3. The molecular formula is C26H28N4OS. The maximum Gasteiger partial charge on any atom is 0.156 e. The summed E-state index contributed by atoms with van der Waals surface area (Å²) in [6.07, 6.45) is 0.896. The predicted octanol–water partition coefficient (Wildman–Crippen LogP) is 7.09. The van der Waals surface area contributed by atoms with Gasteiger partial charge in [0.2, 0.25) is 0 Å². The molecule has 0 unspecified atom stereocenters. The Hall–Kier alpha value is -3.25. The summed E-state index contributed by atoms with van der Waals surface area (Å²) in [5, 5.41) is 10.7. The molecule has 164 valence electrons. The van der Waals surface area contributed by atoms with Crippen LogP contribution >= 0.6 is 11.9 Å². The molecule has 1 heterocycles. The Kier molecular flexibility index (Phi) is 6.24. The van der Waals surface area contributed by atoms with Crippen molar-refractivity contribution in [3.8, 4) is 11.3 Å². The summed E-state index contributed by atoms with van der Waals surface area (Å²) in [5.74, 6) is 1.68. The average Bonchev–Trinajstić information content (AvgIpc) is 3.16. The van der Waals surface area contributed by atoms with Crippen LogP contribution in [-0.2, 0) is 5.54 Å². The van der Waals surface area contributed by atoms with Crippen molar-refractivity contribution in [2.45, 2.75) is 33.2 Å². The monoisotopic (exact) mass is 444 g/mol. The Morgan fingerprint density at radius 3 is 2.31 bits per heavy atom. The molecule has 0 saturated heterocycles. The van der Waals surface area contributed by atoms with Crippen molar-refractivity contribution in [2.75, 3.05) is 15.8 Å². The van der Waals surface area contributed by atoms with Crippen LogP contribution in [0.4, 0.5) is 17.2 Å². The molecule has 4 aromatic rings. The standard InChI is InChI=1S/C26H28N4OS/c1-5-32-29-21-13-11-19(12-14-21)24-23(17-31)25(30(28-24)26(2,3)4)27-22-15-10-18-8-6-7-9-20(18)16-22/h6-17,27,29H,5H2,1-4H3. The Labute approximate surface area is 193 Å². The van der Waals surface area contributed by atoms with Gasteiger partial charge in [-0.3, -0.25) is 4.79 Å². The van der Waals surface area contributed by atoms with Crippen molar-refractivity contribution in [2.24, 2.45) is 0 Å². The zero-order chi connectivity index (χ0) is 22.7. The van der Waals surface area contributed by atoms with E-state index in [1.807, 2.05) is 47.1 Å². The van der Waals surface area contributed by atoms with E-state index in [0.29, 0.717) is 17.1 Å². The van der Waals surface area contributed by atoms with Gasteiger partial charge in [-0.2, -0.15) is 5.10 Å². The topological polar surface area (TPSA) is 59.0 Å². The van der Waals surface area contributed by atoms with Crippen LogP contribution in [0.3, 0.4) is 0 Å². The SMILES string of the molecule is CCSNc1ccc(-c2nn(C(C)(C)C)c(Nc3ccc4ccccc4c3)c2C=O)cc1. The van der Waals surface area contributed by atoms with Gasteiger partial charge in [0.15, 0.2) is 6.29 Å². The molecule has 0 aliphatic heterocycles. The van der Waals surface area contributed by atoms with E-state index in [2.05, 4.69) is 62.0 Å². The molecule has 0 saturated carbocycles. The second-order valence-electron chi connectivity index (χ2n) is 8.61. The number of rotatable bonds is 7. The molecule has 0 aliphatic rings. The summed E-state index contributed by atoms with van der Waals surface area (Å²) >= 11 is 1.65. The van der Waals surface area contributed by atoms with Crippen molar-refractivity contribution < 1.29 is 4.79 Å². The van der Waals surface area contributed by atoms with Gasteiger partial charge >= 0.3 is 0 Å². The van der Waals surface area contributed by atoms with Gasteiger partial charge in [-0.05, 0) is 55.8 Å². The van der Waals surface area contributed by atoms with Crippen molar-refractivity contribution in [3.63, 3.8) is 0 Å². The highest BCUT2D eigenvalue weighted by Crippen LogP contribution is 2.34. The summed E-state index contributed by atoms with van der Waals surface area (Å²) in [6.45, 7) is 8.35. The maximum absolute atomic E-state index is 12.3. The zero-order valence-corrected chi connectivity index (χ0v) is 19.7. The number of aromatic nitrogens is 2. The molecule has 0 amide bonds. The highest BCUT2D eigenvalue weighted by molar-refractivity contribution is 8.00. The molecule has 0 fully saturated rings. The average molecular weight is 445 g/mol. The van der Waals surface area contributed by atoms with Gasteiger partial charge in [-0.15, -0.1) is 0 Å². The minimum atomic E-state index is -0.311. The number of nitrogens with one attached hydrogen (secondary N) is 2. The van der Waals surface area contributed by atoms with E-state index in [9.17, 15) is 4.79 Å². The van der Waals surface area contributed by atoms with Crippen LogP contribution in [0, 0.1) is 0 Å². The fourth-order valence-electron chi connectivity index (χ4n) is 3.62. The van der Waals surface area contributed by atoms with E-state index < -0.39 is 0 Å². The molecule has 1 aromatic heterocycles. The van der Waals surface area contributed by atoms with Crippen molar-refractivity contribution in [1.29, 1.82) is 0 Å². The number of hydrogen-bond acceptors (Lipinski definition) is 5. The van der Waals surface area contributed by atoms with E-state index in [4.69, 9.17) is 5.10 Å². The number of nitrogens with zero attached hydrogens (tertiary/aromatic N) is 2. The van der Waals surface area contributed by atoms with E-state index >= 15 is 0 Å². The molecule has 6 heteroatoms. The first kappa shape index (κ1) is 22.0. The van der Waals surface area contributed by atoms with E-state index in [0.717, 1.165) is 34.4 Å². The second-order valence-corrected chi connectivity index (χ2v) is 9.68. The lowest BCUT2D eigenvalue weighted by atomic mass is 10.1. The molecule has 0 aliphatic carbocycles. The largest absolute Gasteiger partial charge is 0.340 e. The van der Waals surface area contributed by atoms with Crippen molar-refractivity contribution in [3.05, 3.63) is 72.3 Å². The number of carbonyl (C=O) groups excluding carboxylic acids is 1. The van der Waals surface area contributed by atoms with Crippen molar-refractivity contribution in [1.82, 2.24) is 9.78 Å². The van der Waals surface area contributed by atoms with Gasteiger partial charge in [0.25, 0.3) is 0 Å². The first-order valence-corrected chi connectivity index (χ1v) is 11.7. The van der Waals surface area contributed by atoms with E-state index in [1.165, 1.54) is 5.39 Å². The van der Waals surface area contributed by atoms with E-state index in [-0.39, 0.29) is 5.54 Å². The number of hydrogen-bond donors (Lipinski definition) is 2. The fraction of sp³-hybridized carbons (Fsp3) is 0.231. The number of benzene rings is 3. The third kappa shape index (κ3) is 4.50. The van der Waals surface area contributed by atoms with Crippen LogP contribution in [0.1, 0.15) is 38.1 Å². The molecule has 2 N–H and O–H groups in total. The molecule has 0 spiro atoms. The summed E-state index contributed by atoms with van der Waals surface area (Å²) in [7, 11) is 0. The smallest absolute Gasteiger partial charge is 0.156 e. The summed E-state index contributed by atoms with van der Waals surface area (Å²) in [5.41, 5.74) is 3.76. The highest BCUT2D eigenvalue weighted by Gasteiger charge is 2.26. The minimum Gasteiger partial charge on any atom is -0.340 e. The number of anilines is 3. The quantitative estimate of drug-likeness (QED) is 0.235. The van der Waals surface area contributed by atoms with Gasteiger partial charge in [0.05, 0.1) is 11.1 Å². The normalized spacial score (nSPS) is 11.5. The van der Waals surface area contributed by atoms with Gasteiger partial charge in [-0.1, -0.05) is 61.3 Å². The van der Waals surface area contributed by atoms with Gasteiger partial charge in [-0.25, -0.2) is 4.68 Å². The molecule has 0 bridgehead atoms. The van der Waals surface area contributed by atoms with Gasteiger partial charge in [0, 0.05) is 22.7 Å². The van der Waals surface area contributed by atoms with Crippen molar-refractivity contribution >= 4 is 46.2 Å². The van der Waals surface area contributed by atoms with Crippen LogP contribution in [0.2, 0.25) is 0 Å². The number of carbonyl (C=O) groups is 1. The van der Waals surface area contributed by atoms with Crippen LogP contribution in [0.25, 0.3) is 22.0 Å². The first-order valence-electron chi connectivity index (χ1n) is 10.7. The van der Waals surface area contributed by atoms with Crippen LogP contribution in [0.15, 0.2) is 66.7 Å². The molecule has 0 atom stereocenters. The first-order chi connectivity index (χ1) is 15.4. The zero-order valence-electron chi connectivity index (χ0n) is 18.8. The minimum absolute atomic E-state index is 0.311. The molecule has 3 aromatic carbocycles. The lowest BCUT2D eigenvalue weighted by Crippen LogP contribution is -2.24. The summed E-state index contributed by atoms with van der Waals surface area (Å²) < 4.78 is 5.20. The van der Waals surface area contributed by atoms with E-state index in [1.54, 1.807) is 11.9 Å². The molecule has 32 heavy (non-hydrogen) atoms. The molecular weight excluding hydrogens is 416 g/mol. The highest BCUT2D eigenvalue weighted by atomic mass is 32.2. The molecule has 4 rings (SSSR count). The van der Waals surface area contributed by atoms with Gasteiger partial charge in [0.1, 0.15) is 11.5 Å². The van der Waals surface area contributed by atoms with Crippen LogP contribution in [-0.4, -0.2) is 21.8 Å². The molecule has 5 nitrogen and oxygen atoms in total. The van der Waals surface area contributed by atoms with Gasteiger partial charge < -0.3 is 10.0 Å². The third-order valence-electron chi connectivity index (χ3n) is 5.18. The third-order valence-corrected chi connectivity index (χ3v) is 5.85. The number of aldehydes is 1. The summed E-state index contributed by atoms with van der Waals surface area (Å²) in [6, 6.07) is 22.5. The second kappa shape index (κ2) is 9.09. The van der Waals surface area contributed by atoms with Crippen LogP contribution < -0.4 is 10.0 Å². The Morgan fingerprint density at radius 1 is 0.969 bits per heavy atom. The predicted molar refractivity (Wildman–Crippen MR) is 137 cm³/mol. The number of fused-ring (bicyclic) bond motifs is 1. The Balaban J connectivity index is 1.77. The Morgan fingerprint density at radius 2 is 1.66 bits per heavy atom. The fourth-order valence-corrected chi connectivity index (χ4v) is 4.06. The lowest BCUT2D eigenvalue weighted by molar-refractivity contribution is 0.112. The lowest BCUT2D eigenvalue weighted by Gasteiger charge is -2.23.